The van der Waals surface area contributed by atoms with Gasteiger partial charge in [-0.1, -0.05) is 19.3 Å². The second-order valence-electron chi connectivity index (χ2n) is 6.69. The van der Waals surface area contributed by atoms with E-state index in [1.54, 1.807) is 7.11 Å². The van der Waals surface area contributed by atoms with Crippen molar-refractivity contribution in [1.82, 2.24) is 15.3 Å². The van der Waals surface area contributed by atoms with Gasteiger partial charge in [-0.25, -0.2) is 4.98 Å². The fourth-order valence-corrected chi connectivity index (χ4v) is 3.30. The summed E-state index contributed by atoms with van der Waals surface area (Å²) < 4.78 is 5.22. The van der Waals surface area contributed by atoms with Gasteiger partial charge in [0.1, 0.15) is 11.6 Å². The molecule has 0 spiro atoms. The Morgan fingerprint density at radius 1 is 1.50 bits per heavy atom. The van der Waals surface area contributed by atoms with Gasteiger partial charge in [-0.2, -0.15) is 0 Å². The maximum absolute atomic E-state index is 12.3. The summed E-state index contributed by atoms with van der Waals surface area (Å²) in [5.41, 5.74) is 7.61. The van der Waals surface area contributed by atoms with E-state index >= 15 is 0 Å². The summed E-state index contributed by atoms with van der Waals surface area (Å²) in [6.07, 6.45) is 4.17. The van der Waals surface area contributed by atoms with Crippen molar-refractivity contribution in [1.29, 1.82) is 0 Å². The smallest absolute Gasteiger partial charge is 0.220 e. The van der Waals surface area contributed by atoms with Crippen LogP contribution in [0.15, 0.2) is 18.2 Å². The lowest BCUT2D eigenvalue weighted by atomic mass is 9.74. The molecule has 6 heteroatoms. The van der Waals surface area contributed by atoms with Crippen molar-refractivity contribution in [2.45, 2.75) is 38.6 Å². The van der Waals surface area contributed by atoms with Crippen LogP contribution in [0.4, 0.5) is 0 Å². The molecule has 2 unspecified atom stereocenters. The van der Waals surface area contributed by atoms with Gasteiger partial charge < -0.3 is 20.8 Å². The number of ether oxygens (including phenoxy) is 1. The predicted molar refractivity (Wildman–Crippen MR) is 93.7 cm³/mol. The third-order valence-corrected chi connectivity index (χ3v) is 5.06. The fourth-order valence-electron chi connectivity index (χ4n) is 3.30. The minimum atomic E-state index is -0.171. The number of nitrogens with two attached hydrogens (primary N) is 1. The van der Waals surface area contributed by atoms with Crippen molar-refractivity contribution in [3.8, 4) is 5.75 Å². The lowest BCUT2D eigenvalue weighted by molar-refractivity contribution is -0.123. The molecule has 1 amide bonds. The van der Waals surface area contributed by atoms with Gasteiger partial charge in [0.05, 0.1) is 24.2 Å². The van der Waals surface area contributed by atoms with Crippen LogP contribution in [0.25, 0.3) is 11.0 Å². The molecule has 6 nitrogen and oxygen atoms in total. The molecule has 0 aliphatic heterocycles. The molecule has 1 saturated carbocycles. The van der Waals surface area contributed by atoms with Crippen molar-refractivity contribution >= 4 is 16.9 Å². The summed E-state index contributed by atoms with van der Waals surface area (Å²) in [5.74, 6) is 2.49. The summed E-state index contributed by atoms with van der Waals surface area (Å²) in [6.45, 7) is 2.52. The molecule has 1 aromatic carbocycles. The zero-order valence-corrected chi connectivity index (χ0v) is 14.3. The number of nitrogens with zero attached hydrogens (tertiary/aromatic N) is 1. The summed E-state index contributed by atoms with van der Waals surface area (Å²) >= 11 is 0. The first-order chi connectivity index (χ1) is 11.6. The number of H-pyrrole nitrogens is 1. The zero-order chi connectivity index (χ0) is 17.1. The highest BCUT2D eigenvalue weighted by Crippen LogP contribution is 2.34. The maximum atomic E-state index is 12.3. The number of fused-ring (bicyclic) bond motifs is 1. The van der Waals surface area contributed by atoms with Crippen LogP contribution in [0, 0.1) is 11.8 Å². The van der Waals surface area contributed by atoms with E-state index in [1.165, 1.54) is 19.3 Å². The number of methoxy groups -OCH3 is 1. The number of amides is 1. The first-order valence-corrected chi connectivity index (χ1v) is 8.63. The van der Waals surface area contributed by atoms with E-state index < -0.39 is 0 Å². The molecule has 3 rings (SSSR count). The van der Waals surface area contributed by atoms with Crippen LogP contribution in [-0.2, 0) is 4.79 Å². The second-order valence-corrected chi connectivity index (χ2v) is 6.69. The van der Waals surface area contributed by atoms with Crippen molar-refractivity contribution in [3.63, 3.8) is 0 Å². The molecule has 4 N–H and O–H groups in total. The van der Waals surface area contributed by atoms with Crippen LogP contribution >= 0.6 is 0 Å². The minimum Gasteiger partial charge on any atom is -0.497 e. The molecule has 1 aliphatic carbocycles. The van der Waals surface area contributed by atoms with Crippen molar-refractivity contribution in [2.75, 3.05) is 13.7 Å². The molecule has 1 fully saturated rings. The van der Waals surface area contributed by atoms with Crippen molar-refractivity contribution < 1.29 is 9.53 Å². The summed E-state index contributed by atoms with van der Waals surface area (Å²) in [4.78, 5) is 20.1. The highest BCUT2D eigenvalue weighted by molar-refractivity contribution is 5.78. The number of carbonyl (C=O) groups excluding carboxylic acids is 1. The standard InChI is InChI=1S/C18H26N4O2/c1-11(20-17(23)8-13(10-19)12-4-3-5-12)18-21-15-7-6-14(24-2)9-16(15)22-18/h6-7,9,11-13H,3-5,8,10,19H2,1-2H3,(H,20,23)(H,21,22). The molecule has 1 aliphatic rings. The number of hydrogen-bond acceptors (Lipinski definition) is 4. The van der Waals surface area contributed by atoms with Gasteiger partial charge in [-0.15, -0.1) is 0 Å². The molecule has 130 valence electrons. The first-order valence-electron chi connectivity index (χ1n) is 8.63. The van der Waals surface area contributed by atoms with E-state index in [0.717, 1.165) is 22.6 Å². The second kappa shape index (κ2) is 7.21. The molecule has 0 saturated heterocycles. The summed E-state index contributed by atoms with van der Waals surface area (Å²) in [7, 11) is 1.64. The van der Waals surface area contributed by atoms with E-state index in [-0.39, 0.29) is 11.9 Å². The SMILES string of the molecule is COc1ccc2nc(C(C)NC(=O)CC(CN)C3CCC3)[nH]c2c1. The monoisotopic (exact) mass is 330 g/mol. The third-order valence-electron chi connectivity index (χ3n) is 5.06. The normalized spacial score (nSPS) is 17.3. The van der Waals surface area contributed by atoms with Crippen LogP contribution in [0.3, 0.4) is 0 Å². The molecule has 0 bridgehead atoms. The Kier molecular flexibility index (Phi) is 5.04. The Morgan fingerprint density at radius 2 is 2.29 bits per heavy atom. The van der Waals surface area contributed by atoms with Crippen LogP contribution in [0.1, 0.15) is 44.5 Å². The fraction of sp³-hybridized carbons (Fsp3) is 0.556. The largest absolute Gasteiger partial charge is 0.497 e. The van der Waals surface area contributed by atoms with E-state index in [1.807, 2.05) is 25.1 Å². The summed E-state index contributed by atoms with van der Waals surface area (Å²) in [6, 6.07) is 5.52. The third kappa shape index (κ3) is 3.53. The summed E-state index contributed by atoms with van der Waals surface area (Å²) in [5, 5.41) is 3.03. The Balaban J connectivity index is 1.63. The van der Waals surface area contributed by atoms with Gasteiger partial charge in [0.2, 0.25) is 5.91 Å². The van der Waals surface area contributed by atoms with Crippen LogP contribution in [0.2, 0.25) is 0 Å². The van der Waals surface area contributed by atoms with Gasteiger partial charge in [0.15, 0.2) is 0 Å². The average Bonchev–Trinajstić information content (AvgIpc) is 2.95. The highest BCUT2D eigenvalue weighted by atomic mass is 16.5. The van der Waals surface area contributed by atoms with Crippen molar-refractivity contribution in [2.24, 2.45) is 17.6 Å². The number of aromatic nitrogens is 2. The number of carbonyl (C=O) groups is 1. The molecule has 2 aromatic rings. The van der Waals surface area contributed by atoms with E-state index in [2.05, 4.69) is 15.3 Å². The first kappa shape index (κ1) is 16.8. The molecule has 1 aromatic heterocycles. The van der Waals surface area contributed by atoms with Gasteiger partial charge >= 0.3 is 0 Å². The minimum absolute atomic E-state index is 0.0443. The number of nitrogens with one attached hydrogen (secondary N) is 2. The molecule has 2 atom stereocenters. The number of imidazole rings is 1. The Hall–Kier alpha value is -2.08. The molecule has 24 heavy (non-hydrogen) atoms. The number of rotatable bonds is 7. The van der Waals surface area contributed by atoms with Gasteiger partial charge in [-0.05, 0) is 37.4 Å². The lowest BCUT2D eigenvalue weighted by Crippen LogP contribution is -2.35. The maximum Gasteiger partial charge on any atom is 0.220 e. The quantitative estimate of drug-likeness (QED) is 0.727. The topological polar surface area (TPSA) is 93.0 Å². The van der Waals surface area contributed by atoms with Crippen LogP contribution < -0.4 is 15.8 Å². The number of benzene rings is 1. The lowest BCUT2D eigenvalue weighted by Gasteiger charge is -2.32. The van der Waals surface area contributed by atoms with Gasteiger partial charge in [0.25, 0.3) is 0 Å². The predicted octanol–water partition coefficient (Wildman–Crippen LogP) is 2.51. The Bertz CT molecular complexity index is 708. The Morgan fingerprint density at radius 3 is 2.92 bits per heavy atom. The van der Waals surface area contributed by atoms with E-state index in [4.69, 9.17) is 10.5 Å². The van der Waals surface area contributed by atoms with E-state index in [0.29, 0.717) is 24.8 Å². The van der Waals surface area contributed by atoms with Gasteiger partial charge in [-0.3, -0.25) is 4.79 Å². The Labute approximate surface area is 142 Å². The molecule has 1 heterocycles. The van der Waals surface area contributed by atoms with E-state index in [9.17, 15) is 4.79 Å². The van der Waals surface area contributed by atoms with Crippen molar-refractivity contribution in [3.05, 3.63) is 24.0 Å². The average molecular weight is 330 g/mol. The van der Waals surface area contributed by atoms with Crippen LogP contribution in [-0.4, -0.2) is 29.5 Å². The molecular formula is C18H26N4O2. The zero-order valence-electron chi connectivity index (χ0n) is 14.3. The molecule has 0 radical (unpaired) electrons. The van der Waals surface area contributed by atoms with Gasteiger partial charge in [0, 0.05) is 12.5 Å². The van der Waals surface area contributed by atoms with Crippen LogP contribution in [0.5, 0.6) is 5.75 Å². The highest BCUT2D eigenvalue weighted by Gasteiger charge is 2.28. The number of aromatic amines is 1. The number of hydrogen-bond donors (Lipinski definition) is 3. The molecular weight excluding hydrogens is 304 g/mol.